The molecule has 2 aromatic carbocycles. The van der Waals surface area contributed by atoms with Gasteiger partial charge in [0.2, 0.25) is 15.9 Å². The minimum atomic E-state index is -3.57. The maximum absolute atomic E-state index is 12.4. The molecular weight excluding hydrogens is 408 g/mol. The number of nitrogens with one attached hydrogen (secondary N) is 1. The summed E-state index contributed by atoms with van der Waals surface area (Å²) in [6.07, 6.45) is 1.45. The summed E-state index contributed by atoms with van der Waals surface area (Å²) in [6.45, 7) is 2.03. The molecule has 162 valence electrons. The summed E-state index contributed by atoms with van der Waals surface area (Å²) in [6, 6.07) is 13.3. The molecule has 0 saturated carbocycles. The molecule has 0 saturated heterocycles. The Bertz CT molecular complexity index is 990. The molecular formula is C21H26N2O6S. The van der Waals surface area contributed by atoms with Crippen LogP contribution in [0.15, 0.2) is 48.5 Å². The highest BCUT2D eigenvalue weighted by atomic mass is 32.2. The van der Waals surface area contributed by atoms with Gasteiger partial charge in [-0.05, 0) is 37.6 Å². The largest absolute Gasteiger partial charge is 0.495 e. The SMILES string of the molecule is CCOC(=O)c1ccccc1NC(=O)CCCN(c1ccccc1OC)S(C)(=O)=O. The van der Waals surface area contributed by atoms with E-state index in [4.69, 9.17) is 9.47 Å². The number of benzene rings is 2. The lowest BCUT2D eigenvalue weighted by molar-refractivity contribution is -0.116. The number of esters is 1. The van der Waals surface area contributed by atoms with Gasteiger partial charge < -0.3 is 14.8 Å². The van der Waals surface area contributed by atoms with E-state index in [-0.39, 0.29) is 37.5 Å². The highest BCUT2D eigenvalue weighted by Gasteiger charge is 2.21. The summed E-state index contributed by atoms with van der Waals surface area (Å²) in [5.41, 5.74) is 1.03. The van der Waals surface area contributed by atoms with Crippen molar-refractivity contribution in [3.63, 3.8) is 0 Å². The van der Waals surface area contributed by atoms with E-state index >= 15 is 0 Å². The normalized spacial score (nSPS) is 10.9. The van der Waals surface area contributed by atoms with Gasteiger partial charge in [-0.3, -0.25) is 9.10 Å². The van der Waals surface area contributed by atoms with Crippen LogP contribution in [-0.4, -0.2) is 46.8 Å². The number of hydrogen-bond donors (Lipinski definition) is 1. The summed E-state index contributed by atoms with van der Waals surface area (Å²) in [7, 11) is -2.11. The zero-order valence-electron chi connectivity index (χ0n) is 17.3. The number of amides is 1. The lowest BCUT2D eigenvalue weighted by Gasteiger charge is -2.24. The molecule has 0 aliphatic carbocycles. The van der Waals surface area contributed by atoms with E-state index in [0.717, 1.165) is 6.26 Å². The van der Waals surface area contributed by atoms with Gasteiger partial charge in [-0.15, -0.1) is 0 Å². The van der Waals surface area contributed by atoms with Gasteiger partial charge >= 0.3 is 5.97 Å². The van der Waals surface area contributed by atoms with Crippen LogP contribution in [0, 0.1) is 0 Å². The number of hydrogen-bond acceptors (Lipinski definition) is 6. The maximum atomic E-state index is 12.4. The summed E-state index contributed by atoms with van der Waals surface area (Å²) in [4.78, 5) is 24.4. The number of carbonyl (C=O) groups is 2. The standard InChI is InChI=1S/C21H26N2O6S/c1-4-29-21(25)16-10-5-6-11-17(16)22-20(24)14-9-15-23(30(3,26)27)18-12-7-8-13-19(18)28-2/h5-8,10-13H,4,9,14-15H2,1-3H3,(H,22,24). The number of carbonyl (C=O) groups excluding carboxylic acids is 2. The van der Waals surface area contributed by atoms with E-state index < -0.39 is 16.0 Å². The van der Waals surface area contributed by atoms with Crippen molar-refractivity contribution in [1.29, 1.82) is 0 Å². The molecule has 0 atom stereocenters. The lowest BCUT2D eigenvalue weighted by atomic mass is 10.1. The molecule has 0 spiro atoms. The number of anilines is 2. The third-order valence-electron chi connectivity index (χ3n) is 4.22. The van der Waals surface area contributed by atoms with Gasteiger partial charge in [-0.25, -0.2) is 13.2 Å². The van der Waals surface area contributed by atoms with E-state index in [0.29, 0.717) is 17.1 Å². The van der Waals surface area contributed by atoms with Crippen molar-refractivity contribution in [2.45, 2.75) is 19.8 Å². The molecule has 0 aliphatic heterocycles. The molecule has 0 heterocycles. The Morgan fingerprint density at radius 1 is 1.07 bits per heavy atom. The van der Waals surface area contributed by atoms with Crippen LogP contribution in [0.3, 0.4) is 0 Å². The van der Waals surface area contributed by atoms with Crippen LogP contribution in [-0.2, 0) is 19.6 Å². The zero-order chi connectivity index (χ0) is 22.1. The van der Waals surface area contributed by atoms with Crippen LogP contribution < -0.4 is 14.4 Å². The Morgan fingerprint density at radius 3 is 2.40 bits per heavy atom. The molecule has 0 unspecified atom stereocenters. The fourth-order valence-electron chi connectivity index (χ4n) is 2.88. The van der Waals surface area contributed by atoms with Gasteiger partial charge in [0.25, 0.3) is 0 Å². The lowest BCUT2D eigenvalue weighted by Crippen LogP contribution is -2.31. The van der Waals surface area contributed by atoms with Gasteiger partial charge in [0.05, 0.1) is 36.9 Å². The molecule has 9 heteroatoms. The second kappa shape index (κ2) is 10.6. The molecule has 8 nitrogen and oxygen atoms in total. The van der Waals surface area contributed by atoms with Crippen LogP contribution in [0.4, 0.5) is 11.4 Å². The molecule has 1 N–H and O–H groups in total. The highest BCUT2D eigenvalue weighted by Crippen LogP contribution is 2.29. The smallest absolute Gasteiger partial charge is 0.340 e. The fourth-order valence-corrected chi connectivity index (χ4v) is 3.84. The minimum Gasteiger partial charge on any atom is -0.495 e. The van der Waals surface area contributed by atoms with Crippen molar-refractivity contribution in [3.8, 4) is 5.75 Å². The number of ether oxygens (including phenoxy) is 2. The molecule has 0 aliphatic rings. The molecule has 30 heavy (non-hydrogen) atoms. The highest BCUT2D eigenvalue weighted by molar-refractivity contribution is 7.92. The number of para-hydroxylation sites is 3. The first-order valence-corrected chi connectivity index (χ1v) is 11.3. The van der Waals surface area contributed by atoms with E-state index in [1.165, 1.54) is 11.4 Å². The predicted octanol–water partition coefficient (Wildman–Crippen LogP) is 3.06. The van der Waals surface area contributed by atoms with E-state index in [1.807, 2.05) is 0 Å². The Labute approximate surface area is 176 Å². The monoisotopic (exact) mass is 434 g/mol. The Hall–Kier alpha value is -3.07. The molecule has 1 amide bonds. The Kier molecular flexibility index (Phi) is 8.23. The quantitative estimate of drug-likeness (QED) is 0.577. The fraction of sp³-hybridized carbons (Fsp3) is 0.333. The first-order chi connectivity index (χ1) is 14.3. The maximum Gasteiger partial charge on any atom is 0.340 e. The van der Waals surface area contributed by atoms with Crippen molar-refractivity contribution in [2.24, 2.45) is 0 Å². The number of methoxy groups -OCH3 is 1. The van der Waals surface area contributed by atoms with Crippen molar-refractivity contribution < 1.29 is 27.5 Å². The number of rotatable bonds is 10. The number of nitrogens with zero attached hydrogens (tertiary/aromatic N) is 1. The summed E-state index contributed by atoms with van der Waals surface area (Å²) >= 11 is 0. The third-order valence-corrected chi connectivity index (χ3v) is 5.40. The summed E-state index contributed by atoms with van der Waals surface area (Å²) < 4.78 is 36.0. The zero-order valence-corrected chi connectivity index (χ0v) is 18.1. The van der Waals surface area contributed by atoms with Gasteiger partial charge in [-0.2, -0.15) is 0 Å². The van der Waals surface area contributed by atoms with Crippen LogP contribution in [0.1, 0.15) is 30.1 Å². The molecule has 2 rings (SSSR count). The topological polar surface area (TPSA) is 102 Å². The second-order valence-corrected chi connectivity index (χ2v) is 8.33. The van der Waals surface area contributed by atoms with E-state index in [9.17, 15) is 18.0 Å². The first-order valence-electron chi connectivity index (χ1n) is 9.44. The van der Waals surface area contributed by atoms with Gasteiger partial charge in [-0.1, -0.05) is 24.3 Å². The summed E-state index contributed by atoms with van der Waals surface area (Å²) in [5, 5.41) is 2.69. The first kappa shape index (κ1) is 23.2. The van der Waals surface area contributed by atoms with Crippen LogP contribution >= 0.6 is 0 Å². The Balaban J connectivity index is 2.05. The average molecular weight is 435 g/mol. The molecule has 0 radical (unpaired) electrons. The van der Waals surface area contributed by atoms with Crippen LogP contribution in [0.2, 0.25) is 0 Å². The molecule has 0 aromatic heterocycles. The summed E-state index contributed by atoms with van der Waals surface area (Å²) in [5.74, 6) is -0.427. The van der Waals surface area contributed by atoms with Crippen molar-refractivity contribution >= 4 is 33.3 Å². The van der Waals surface area contributed by atoms with Crippen molar-refractivity contribution in [1.82, 2.24) is 0 Å². The average Bonchev–Trinajstić information content (AvgIpc) is 2.71. The predicted molar refractivity (Wildman–Crippen MR) is 115 cm³/mol. The molecule has 0 fully saturated rings. The van der Waals surface area contributed by atoms with Crippen LogP contribution in [0.25, 0.3) is 0 Å². The second-order valence-electron chi connectivity index (χ2n) is 6.42. The third kappa shape index (κ3) is 6.21. The van der Waals surface area contributed by atoms with E-state index in [1.54, 1.807) is 55.5 Å². The van der Waals surface area contributed by atoms with Crippen molar-refractivity contribution in [3.05, 3.63) is 54.1 Å². The Morgan fingerprint density at radius 2 is 1.73 bits per heavy atom. The van der Waals surface area contributed by atoms with Gasteiger partial charge in [0, 0.05) is 13.0 Å². The van der Waals surface area contributed by atoms with Gasteiger partial charge in [0.15, 0.2) is 0 Å². The molecule has 0 bridgehead atoms. The minimum absolute atomic E-state index is 0.0678. The van der Waals surface area contributed by atoms with Gasteiger partial charge in [0.1, 0.15) is 5.75 Å². The van der Waals surface area contributed by atoms with Crippen molar-refractivity contribution in [2.75, 3.05) is 36.1 Å². The number of sulfonamides is 1. The van der Waals surface area contributed by atoms with Crippen LogP contribution in [0.5, 0.6) is 5.75 Å². The van der Waals surface area contributed by atoms with E-state index in [2.05, 4.69) is 5.32 Å². The molecule has 2 aromatic rings.